The van der Waals surface area contributed by atoms with Gasteiger partial charge in [0.25, 0.3) is 0 Å². The van der Waals surface area contributed by atoms with Crippen molar-refractivity contribution in [3.8, 4) is 0 Å². The van der Waals surface area contributed by atoms with E-state index in [0.717, 1.165) is 6.54 Å². The Labute approximate surface area is 202 Å². The molecule has 2 aliphatic heterocycles. The van der Waals surface area contributed by atoms with Crippen LogP contribution in [-0.4, -0.2) is 88.0 Å². The van der Waals surface area contributed by atoms with Gasteiger partial charge in [-0.15, -0.1) is 0 Å². The second-order valence-electron chi connectivity index (χ2n) is 9.48. The van der Waals surface area contributed by atoms with Crippen molar-refractivity contribution in [1.82, 2.24) is 14.5 Å². The van der Waals surface area contributed by atoms with E-state index in [2.05, 4.69) is 17.3 Å². The largest absolute Gasteiger partial charge is 0.379 e. The summed E-state index contributed by atoms with van der Waals surface area (Å²) < 4.78 is 32.8. The highest BCUT2D eigenvalue weighted by Gasteiger charge is 2.38. The second-order valence-corrected chi connectivity index (χ2v) is 11.4. The molecule has 0 radical (unpaired) electrons. The van der Waals surface area contributed by atoms with Gasteiger partial charge in [0, 0.05) is 51.3 Å². The van der Waals surface area contributed by atoms with Crippen molar-refractivity contribution in [3.63, 3.8) is 0 Å². The lowest BCUT2D eigenvalue weighted by atomic mass is 9.94. The first-order valence-corrected chi connectivity index (χ1v) is 13.7. The van der Waals surface area contributed by atoms with Gasteiger partial charge in [-0.05, 0) is 43.7 Å². The number of nitrogens with zero attached hydrogens (tertiary/aromatic N) is 3. The summed E-state index contributed by atoms with van der Waals surface area (Å²) in [6.07, 6.45) is 6.54. The number of hydrogen-bond donors (Lipinski definition) is 1. The third kappa shape index (κ3) is 5.30. The van der Waals surface area contributed by atoms with Crippen molar-refractivity contribution >= 4 is 27.5 Å². The summed E-state index contributed by atoms with van der Waals surface area (Å²) >= 11 is 0. The van der Waals surface area contributed by atoms with Crippen molar-refractivity contribution < 1.29 is 22.7 Å². The Kier molecular flexibility index (Phi) is 7.91. The first-order valence-electron chi connectivity index (χ1n) is 12.3. The van der Waals surface area contributed by atoms with Crippen LogP contribution in [0.15, 0.2) is 23.1 Å². The van der Waals surface area contributed by atoms with Crippen LogP contribution >= 0.6 is 0 Å². The Morgan fingerprint density at radius 1 is 1.15 bits per heavy atom. The van der Waals surface area contributed by atoms with E-state index in [0.29, 0.717) is 56.6 Å². The molecule has 2 amide bonds. The third-order valence-corrected chi connectivity index (χ3v) is 9.14. The number of anilines is 1. The summed E-state index contributed by atoms with van der Waals surface area (Å²) in [7, 11) is -1.55. The first-order chi connectivity index (χ1) is 16.3. The van der Waals surface area contributed by atoms with E-state index in [-0.39, 0.29) is 16.7 Å². The molecule has 3 aliphatic rings. The number of rotatable bonds is 7. The lowest BCUT2D eigenvalue weighted by Gasteiger charge is -2.31. The van der Waals surface area contributed by atoms with Crippen LogP contribution in [0.2, 0.25) is 0 Å². The van der Waals surface area contributed by atoms with Gasteiger partial charge in [0.2, 0.25) is 21.8 Å². The quantitative estimate of drug-likeness (QED) is 0.617. The van der Waals surface area contributed by atoms with Crippen LogP contribution in [0.1, 0.15) is 44.6 Å². The number of sulfonamides is 1. The SMILES string of the molecule is CC(=O)N1c2ccc(S(=O)(=O)N3CCOCC3)cc2C[C@H]1C(=O)NCCN(C)C1CCCCC1. The normalized spacial score (nSPS) is 22.1. The predicted octanol–water partition coefficient (Wildman–Crippen LogP) is 1.37. The molecule has 0 bridgehead atoms. The van der Waals surface area contributed by atoms with E-state index in [1.165, 1.54) is 54.3 Å². The molecule has 9 nitrogen and oxygen atoms in total. The molecule has 10 heteroatoms. The number of fused-ring (bicyclic) bond motifs is 1. The number of nitrogens with one attached hydrogen (secondary N) is 1. The van der Waals surface area contributed by atoms with Gasteiger partial charge >= 0.3 is 0 Å². The molecular weight excluding hydrogens is 456 g/mol. The van der Waals surface area contributed by atoms with Gasteiger partial charge in [0.1, 0.15) is 6.04 Å². The molecule has 1 aliphatic carbocycles. The highest BCUT2D eigenvalue weighted by atomic mass is 32.2. The summed E-state index contributed by atoms with van der Waals surface area (Å²) in [6.45, 7) is 4.10. The van der Waals surface area contributed by atoms with Crippen LogP contribution in [0.4, 0.5) is 5.69 Å². The lowest BCUT2D eigenvalue weighted by Crippen LogP contribution is -2.49. The topological polar surface area (TPSA) is 99.3 Å². The van der Waals surface area contributed by atoms with Crippen molar-refractivity contribution in [2.45, 2.75) is 62.4 Å². The maximum absolute atomic E-state index is 13.1. The van der Waals surface area contributed by atoms with E-state index >= 15 is 0 Å². The Morgan fingerprint density at radius 2 is 1.85 bits per heavy atom. The van der Waals surface area contributed by atoms with Crippen LogP contribution in [0.25, 0.3) is 0 Å². The van der Waals surface area contributed by atoms with Crippen molar-refractivity contribution in [3.05, 3.63) is 23.8 Å². The summed E-state index contributed by atoms with van der Waals surface area (Å²) in [4.78, 5) is 29.5. The fourth-order valence-corrected chi connectivity index (χ4v) is 6.76. The highest BCUT2D eigenvalue weighted by molar-refractivity contribution is 7.89. The summed E-state index contributed by atoms with van der Waals surface area (Å²) in [5.41, 5.74) is 1.30. The lowest BCUT2D eigenvalue weighted by molar-refractivity contribution is -0.125. The number of carbonyl (C=O) groups is 2. The van der Waals surface area contributed by atoms with Gasteiger partial charge in [-0.2, -0.15) is 4.31 Å². The summed E-state index contributed by atoms with van der Waals surface area (Å²) in [6, 6.07) is 4.68. The maximum atomic E-state index is 13.1. The Morgan fingerprint density at radius 3 is 2.53 bits per heavy atom. The fraction of sp³-hybridized carbons (Fsp3) is 0.667. The number of morpholine rings is 1. The molecule has 0 spiro atoms. The van der Waals surface area contributed by atoms with Crippen molar-refractivity contribution in [2.24, 2.45) is 0 Å². The minimum Gasteiger partial charge on any atom is -0.379 e. The van der Waals surface area contributed by atoms with E-state index in [1.54, 1.807) is 12.1 Å². The molecule has 1 aromatic carbocycles. The molecule has 1 N–H and O–H groups in total. The molecular formula is C24H36N4O5S. The summed E-state index contributed by atoms with van der Waals surface area (Å²) in [5.74, 6) is -0.442. The molecule has 2 fully saturated rings. The minimum atomic E-state index is -3.65. The Bertz CT molecular complexity index is 1000. The Hall–Kier alpha value is -2.01. The van der Waals surface area contributed by atoms with Crippen LogP contribution in [0.5, 0.6) is 0 Å². The van der Waals surface area contributed by atoms with Crippen LogP contribution in [0, 0.1) is 0 Å². The zero-order valence-corrected chi connectivity index (χ0v) is 21.0. The van der Waals surface area contributed by atoms with Crippen LogP contribution in [0.3, 0.4) is 0 Å². The van der Waals surface area contributed by atoms with E-state index < -0.39 is 16.1 Å². The van der Waals surface area contributed by atoms with Crippen molar-refractivity contribution in [1.29, 1.82) is 0 Å². The molecule has 34 heavy (non-hydrogen) atoms. The Balaban J connectivity index is 1.42. The molecule has 1 saturated heterocycles. The van der Waals surface area contributed by atoms with E-state index in [1.807, 2.05) is 0 Å². The second kappa shape index (κ2) is 10.7. The average molecular weight is 493 g/mol. The maximum Gasteiger partial charge on any atom is 0.243 e. The molecule has 188 valence electrons. The van der Waals surface area contributed by atoms with Crippen molar-refractivity contribution in [2.75, 3.05) is 51.3 Å². The molecule has 2 heterocycles. The third-order valence-electron chi connectivity index (χ3n) is 7.25. The molecule has 4 rings (SSSR count). The van der Waals surface area contributed by atoms with E-state index in [4.69, 9.17) is 4.74 Å². The molecule has 0 unspecified atom stereocenters. The zero-order chi connectivity index (χ0) is 24.3. The monoisotopic (exact) mass is 492 g/mol. The van der Waals surface area contributed by atoms with Gasteiger partial charge in [-0.25, -0.2) is 8.42 Å². The zero-order valence-electron chi connectivity index (χ0n) is 20.2. The smallest absolute Gasteiger partial charge is 0.243 e. The number of likely N-dealkylation sites (N-methyl/N-ethyl adjacent to an activating group) is 1. The molecule has 0 aromatic heterocycles. The van der Waals surface area contributed by atoms with E-state index in [9.17, 15) is 18.0 Å². The number of carbonyl (C=O) groups excluding carboxylic acids is 2. The van der Waals surface area contributed by atoms with Crippen LogP contribution < -0.4 is 10.2 Å². The van der Waals surface area contributed by atoms with Crippen LogP contribution in [-0.2, 0) is 30.8 Å². The molecule has 1 aromatic rings. The minimum absolute atomic E-state index is 0.187. The van der Waals surface area contributed by atoms with Gasteiger partial charge in [0.15, 0.2) is 0 Å². The first kappa shape index (κ1) is 25.1. The van der Waals surface area contributed by atoms with Gasteiger partial charge < -0.3 is 15.0 Å². The standard InChI is InChI=1S/C24H36N4O5S/c1-18(29)28-22-9-8-21(34(31,32)27-12-14-33-15-13-27)16-19(22)17-23(28)24(30)25-10-11-26(2)20-6-4-3-5-7-20/h8-9,16,20,23H,3-7,10-15,17H2,1-2H3,(H,25,30)/t23-/m0/s1. The molecule has 1 saturated carbocycles. The summed E-state index contributed by atoms with van der Waals surface area (Å²) in [5, 5.41) is 3.00. The van der Waals surface area contributed by atoms with Gasteiger partial charge in [-0.3, -0.25) is 14.5 Å². The highest BCUT2D eigenvalue weighted by Crippen LogP contribution is 2.35. The predicted molar refractivity (Wildman–Crippen MR) is 129 cm³/mol. The van der Waals surface area contributed by atoms with Gasteiger partial charge in [0.05, 0.1) is 18.1 Å². The fourth-order valence-electron chi connectivity index (χ4n) is 5.30. The number of amides is 2. The average Bonchev–Trinajstić information content (AvgIpc) is 3.24. The molecule has 1 atom stereocenters. The number of ether oxygens (including phenoxy) is 1. The number of benzene rings is 1. The van der Waals surface area contributed by atoms with Gasteiger partial charge in [-0.1, -0.05) is 19.3 Å². The number of hydrogen-bond acceptors (Lipinski definition) is 6.